The monoisotopic (exact) mass is 414 g/mol. The smallest absolute Gasteiger partial charge is 0.475 e. The molecule has 1 amide bonds. The molecule has 162 valence electrons. The summed E-state index contributed by atoms with van der Waals surface area (Å²) in [6.07, 6.45) is 1.52. The molecule has 1 heterocycles. The Morgan fingerprint density at radius 2 is 1.69 bits per heavy atom. The number of halogens is 3. The molecule has 1 aromatic rings. The molecule has 2 atom stereocenters. The molecule has 1 saturated heterocycles. The van der Waals surface area contributed by atoms with Crippen LogP contribution in [0.15, 0.2) is 24.3 Å². The molecule has 1 saturated carbocycles. The van der Waals surface area contributed by atoms with Crippen molar-refractivity contribution in [3.05, 3.63) is 35.4 Å². The molecule has 0 spiro atoms. The van der Waals surface area contributed by atoms with Gasteiger partial charge in [-0.1, -0.05) is 44.0 Å². The fourth-order valence-electron chi connectivity index (χ4n) is 4.02. The van der Waals surface area contributed by atoms with Crippen LogP contribution >= 0.6 is 0 Å². The standard InChI is InChI=1S/C19H28N2O.C2HF3O2/c1-2-14-7-9-15(10-8-14)17-11-18(20)13-21(12-17)19(22)16-5-3-4-6-16;3-2(4,5)1(6)7/h7-10,16-18H,2-6,11-13,20H2,1H3;(H,6,7). The highest BCUT2D eigenvalue weighted by Crippen LogP contribution is 2.31. The first-order valence-corrected chi connectivity index (χ1v) is 10.0. The number of amides is 1. The Kier molecular flexibility index (Phi) is 8.07. The van der Waals surface area contributed by atoms with Gasteiger partial charge in [-0.05, 0) is 36.8 Å². The number of hydrogen-bond donors (Lipinski definition) is 2. The normalized spacial score (nSPS) is 22.7. The summed E-state index contributed by atoms with van der Waals surface area (Å²) >= 11 is 0. The van der Waals surface area contributed by atoms with E-state index in [1.54, 1.807) is 0 Å². The van der Waals surface area contributed by atoms with Gasteiger partial charge in [0.15, 0.2) is 0 Å². The van der Waals surface area contributed by atoms with Crippen molar-refractivity contribution in [2.24, 2.45) is 11.7 Å². The number of carbonyl (C=O) groups is 2. The SMILES string of the molecule is CCc1ccc(C2CC(N)CN(C(=O)C3CCCC3)C2)cc1.O=C(O)C(F)(F)F. The number of carbonyl (C=O) groups excluding carboxylic acids is 1. The van der Waals surface area contributed by atoms with E-state index in [-0.39, 0.29) is 12.0 Å². The minimum absolute atomic E-state index is 0.106. The van der Waals surface area contributed by atoms with E-state index in [9.17, 15) is 18.0 Å². The van der Waals surface area contributed by atoms with Gasteiger partial charge in [-0.15, -0.1) is 0 Å². The molecule has 8 heteroatoms. The molecular weight excluding hydrogens is 385 g/mol. The highest BCUT2D eigenvalue weighted by Gasteiger charge is 2.38. The van der Waals surface area contributed by atoms with E-state index in [1.165, 1.54) is 24.0 Å². The van der Waals surface area contributed by atoms with Crippen LogP contribution in [0, 0.1) is 5.92 Å². The van der Waals surface area contributed by atoms with Crippen molar-refractivity contribution < 1.29 is 27.9 Å². The quantitative estimate of drug-likeness (QED) is 0.790. The number of carboxylic acids is 1. The third-order valence-corrected chi connectivity index (χ3v) is 5.60. The Balaban J connectivity index is 0.000000370. The van der Waals surface area contributed by atoms with Gasteiger partial charge in [0.2, 0.25) is 5.91 Å². The molecule has 1 aliphatic carbocycles. The Morgan fingerprint density at radius 1 is 1.14 bits per heavy atom. The van der Waals surface area contributed by atoms with Crippen LogP contribution in [0.4, 0.5) is 13.2 Å². The topological polar surface area (TPSA) is 83.6 Å². The zero-order valence-electron chi connectivity index (χ0n) is 16.6. The van der Waals surface area contributed by atoms with Crippen LogP contribution in [0.3, 0.4) is 0 Å². The van der Waals surface area contributed by atoms with Gasteiger partial charge in [-0.25, -0.2) is 4.79 Å². The van der Waals surface area contributed by atoms with Crippen molar-refractivity contribution in [2.75, 3.05) is 13.1 Å². The maximum Gasteiger partial charge on any atom is 0.490 e. The third kappa shape index (κ3) is 6.73. The van der Waals surface area contributed by atoms with Crippen molar-refractivity contribution >= 4 is 11.9 Å². The number of benzene rings is 1. The summed E-state index contributed by atoms with van der Waals surface area (Å²) in [5.41, 5.74) is 8.95. The Morgan fingerprint density at radius 3 is 2.17 bits per heavy atom. The molecular formula is C21H29F3N2O3. The second kappa shape index (κ2) is 10.1. The van der Waals surface area contributed by atoms with Crippen LogP contribution in [-0.2, 0) is 16.0 Å². The number of aliphatic carboxylic acids is 1. The summed E-state index contributed by atoms with van der Waals surface area (Å²) in [5, 5.41) is 7.12. The van der Waals surface area contributed by atoms with Crippen LogP contribution in [0.5, 0.6) is 0 Å². The fourth-order valence-corrected chi connectivity index (χ4v) is 4.02. The number of rotatable bonds is 3. The molecule has 3 N–H and O–H groups in total. The summed E-state index contributed by atoms with van der Waals surface area (Å²) in [6, 6.07) is 8.96. The van der Waals surface area contributed by atoms with Crippen LogP contribution in [0.2, 0.25) is 0 Å². The lowest BCUT2D eigenvalue weighted by molar-refractivity contribution is -0.192. The van der Waals surface area contributed by atoms with Crippen molar-refractivity contribution in [3.63, 3.8) is 0 Å². The maximum atomic E-state index is 12.7. The number of likely N-dealkylation sites (tertiary alicyclic amines) is 1. The molecule has 1 aliphatic heterocycles. The summed E-state index contributed by atoms with van der Waals surface area (Å²) in [7, 11) is 0. The molecule has 5 nitrogen and oxygen atoms in total. The molecule has 1 aromatic carbocycles. The van der Waals surface area contributed by atoms with Crippen LogP contribution in [0.25, 0.3) is 0 Å². The van der Waals surface area contributed by atoms with Crippen molar-refractivity contribution in [3.8, 4) is 0 Å². The molecule has 0 radical (unpaired) electrons. The number of alkyl halides is 3. The lowest BCUT2D eigenvalue weighted by Gasteiger charge is -2.38. The second-order valence-corrected chi connectivity index (χ2v) is 7.82. The van der Waals surface area contributed by atoms with Crippen LogP contribution in [0.1, 0.15) is 56.1 Å². The summed E-state index contributed by atoms with van der Waals surface area (Å²) in [5.74, 6) is -1.76. The van der Waals surface area contributed by atoms with E-state index in [0.717, 1.165) is 38.8 Å². The van der Waals surface area contributed by atoms with Gasteiger partial charge in [-0.2, -0.15) is 13.2 Å². The van der Waals surface area contributed by atoms with Crippen molar-refractivity contribution in [1.82, 2.24) is 4.90 Å². The predicted molar refractivity (Wildman–Crippen MR) is 103 cm³/mol. The highest BCUT2D eigenvalue weighted by atomic mass is 19.4. The third-order valence-electron chi connectivity index (χ3n) is 5.60. The predicted octanol–water partition coefficient (Wildman–Crippen LogP) is 3.72. The number of aryl methyl sites for hydroxylation is 1. The van der Waals surface area contributed by atoms with E-state index >= 15 is 0 Å². The second-order valence-electron chi connectivity index (χ2n) is 7.82. The summed E-state index contributed by atoms with van der Waals surface area (Å²) < 4.78 is 31.7. The Hall–Kier alpha value is -2.09. The zero-order chi connectivity index (χ0) is 21.6. The average molecular weight is 414 g/mol. The lowest BCUT2D eigenvalue weighted by atomic mass is 9.87. The molecule has 2 aliphatic rings. The van der Waals surface area contributed by atoms with E-state index < -0.39 is 12.1 Å². The first-order chi connectivity index (χ1) is 13.6. The van der Waals surface area contributed by atoms with Gasteiger partial charge in [0.25, 0.3) is 0 Å². The number of carboxylic acid groups (broad SMARTS) is 1. The summed E-state index contributed by atoms with van der Waals surface area (Å²) in [4.78, 5) is 23.6. The first kappa shape index (κ1) is 23.2. The molecule has 2 unspecified atom stereocenters. The van der Waals surface area contributed by atoms with Gasteiger partial charge in [-0.3, -0.25) is 4.79 Å². The highest BCUT2D eigenvalue weighted by molar-refractivity contribution is 5.79. The van der Waals surface area contributed by atoms with Gasteiger partial charge in [0, 0.05) is 31.0 Å². The Bertz CT molecular complexity index is 685. The van der Waals surface area contributed by atoms with Crippen molar-refractivity contribution in [1.29, 1.82) is 0 Å². The van der Waals surface area contributed by atoms with Gasteiger partial charge >= 0.3 is 12.1 Å². The average Bonchev–Trinajstić information content (AvgIpc) is 3.21. The fraction of sp³-hybridized carbons (Fsp3) is 0.619. The number of nitrogens with zero attached hydrogens (tertiary/aromatic N) is 1. The number of hydrogen-bond acceptors (Lipinski definition) is 3. The zero-order valence-corrected chi connectivity index (χ0v) is 16.6. The number of nitrogens with two attached hydrogens (primary N) is 1. The van der Waals surface area contributed by atoms with Gasteiger partial charge in [0.1, 0.15) is 0 Å². The molecule has 3 rings (SSSR count). The summed E-state index contributed by atoms with van der Waals surface area (Å²) in [6.45, 7) is 3.75. The minimum Gasteiger partial charge on any atom is -0.475 e. The van der Waals surface area contributed by atoms with E-state index in [4.69, 9.17) is 15.6 Å². The van der Waals surface area contributed by atoms with Crippen LogP contribution in [-0.4, -0.2) is 47.2 Å². The number of piperidine rings is 1. The van der Waals surface area contributed by atoms with E-state index in [1.807, 2.05) is 4.90 Å². The maximum absolute atomic E-state index is 12.7. The molecule has 0 aromatic heterocycles. The molecule has 2 fully saturated rings. The lowest BCUT2D eigenvalue weighted by Crippen LogP contribution is -2.50. The van der Waals surface area contributed by atoms with E-state index in [0.29, 0.717) is 11.8 Å². The molecule has 0 bridgehead atoms. The largest absolute Gasteiger partial charge is 0.490 e. The van der Waals surface area contributed by atoms with Crippen molar-refractivity contribution in [2.45, 2.75) is 63.6 Å². The minimum atomic E-state index is -5.08. The van der Waals surface area contributed by atoms with Crippen LogP contribution < -0.4 is 5.73 Å². The molecule has 29 heavy (non-hydrogen) atoms. The van der Waals surface area contributed by atoms with Gasteiger partial charge in [0.05, 0.1) is 0 Å². The first-order valence-electron chi connectivity index (χ1n) is 10.0. The van der Waals surface area contributed by atoms with E-state index in [2.05, 4.69) is 31.2 Å². The Labute approximate surface area is 169 Å². The van der Waals surface area contributed by atoms with Gasteiger partial charge < -0.3 is 15.7 Å².